The zero-order chi connectivity index (χ0) is 13.4. The molecule has 20 heavy (non-hydrogen) atoms. The molecule has 0 amide bonds. The topological polar surface area (TPSA) is 4.93 Å². The Hall–Kier alpha value is -1.67. The zero-order valence-corrected chi connectivity index (χ0v) is 12.2. The van der Waals surface area contributed by atoms with Gasteiger partial charge in [-0.2, -0.15) is 0 Å². The lowest BCUT2D eigenvalue weighted by atomic mass is 10.0. The Balaban J connectivity index is 1.92. The van der Waals surface area contributed by atoms with Crippen molar-refractivity contribution in [2.75, 3.05) is 5.75 Å². The third-order valence-corrected chi connectivity index (χ3v) is 4.95. The molecule has 2 aromatic rings. The van der Waals surface area contributed by atoms with Crippen LogP contribution in [0.3, 0.4) is 0 Å². The second-order valence-electron chi connectivity index (χ2n) is 5.34. The summed E-state index contributed by atoms with van der Waals surface area (Å²) >= 11 is 1.95. The molecular weight excluding hydrogens is 262 g/mol. The molecule has 1 aliphatic heterocycles. The summed E-state index contributed by atoms with van der Waals surface area (Å²) < 4.78 is 2.50. The van der Waals surface area contributed by atoms with E-state index in [2.05, 4.69) is 58.5 Å². The lowest BCUT2D eigenvalue weighted by Gasteiger charge is -2.09. The van der Waals surface area contributed by atoms with Gasteiger partial charge < -0.3 is 4.57 Å². The van der Waals surface area contributed by atoms with Crippen molar-refractivity contribution in [1.82, 2.24) is 4.57 Å². The molecule has 1 nitrogen and oxygen atoms in total. The minimum absolute atomic E-state index is 0.972. The predicted molar refractivity (Wildman–Crippen MR) is 87.2 cm³/mol. The Morgan fingerprint density at radius 2 is 1.95 bits per heavy atom. The summed E-state index contributed by atoms with van der Waals surface area (Å²) in [5.74, 6) is 1.22. The Morgan fingerprint density at radius 3 is 2.85 bits per heavy atom. The fourth-order valence-electron chi connectivity index (χ4n) is 3.18. The minimum Gasteiger partial charge on any atom is -0.336 e. The molecule has 0 unspecified atom stereocenters. The van der Waals surface area contributed by atoms with Crippen molar-refractivity contribution in [3.8, 4) is 0 Å². The van der Waals surface area contributed by atoms with Gasteiger partial charge in [-0.15, -0.1) is 11.8 Å². The van der Waals surface area contributed by atoms with Crippen molar-refractivity contribution in [1.29, 1.82) is 0 Å². The molecule has 0 fully saturated rings. The molecule has 0 bridgehead atoms. The third-order valence-electron chi connectivity index (χ3n) is 4.12. The molecule has 2 heterocycles. The highest BCUT2D eigenvalue weighted by Gasteiger charge is 2.17. The molecule has 0 N–H and O–H groups in total. The maximum Gasteiger partial charge on any atom is 0.0514 e. The average molecular weight is 279 g/mol. The van der Waals surface area contributed by atoms with E-state index in [4.69, 9.17) is 0 Å². The van der Waals surface area contributed by atoms with Gasteiger partial charge in [0.05, 0.1) is 5.35 Å². The molecule has 2 aliphatic rings. The highest BCUT2D eigenvalue weighted by molar-refractivity contribution is 8.06. The van der Waals surface area contributed by atoms with E-state index >= 15 is 0 Å². The first-order valence-corrected chi connectivity index (χ1v) is 8.21. The van der Waals surface area contributed by atoms with E-state index in [-0.39, 0.29) is 0 Å². The third kappa shape index (κ3) is 1.95. The van der Waals surface area contributed by atoms with Crippen LogP contribution in [0.4, 0.5) is 0 Å². The number of hydrogen-bond acceptors (Lipinski definition) is 1. The van der Waals surface area contributed by atoms with Gasteiger partial charge in [0.15, 0.2) is 0 Å². The smallest absolute Gasteiger partial charge is 0.0514 e. The molecule has 1 aromatic heterocycles. The summed E-state index contributed by atoms with van der Waals surface area (Å²) in [7, 11) is 0. The molecule has 100 valence electrons. The van der Waals surface area contributed by atoms with Crippen LogP contribution in [0.5, 0.6) is 0 Å². The van der Waals surface area contributed by atoms with Crippen LogP contribution < -0.4 is 10.7 Å². The first-order chi connectivity index (χ1) is 9.93. The van der Waals surface area contributed by atoms with E-state index in [1.165, 1.54) is 28.4 Å². The van der Waals surface area contributed by atoms with Crippen molar-refractivity contribution in [3.05, 3.63) is 69.9 Å². The maximum absolute atomic E-state index is 2.50. The van der Waals surface area contributed by atoms with Gasteiger partial charge in [-0.25, -0.2) is 0 Å². The first kappa shape index (κ1) is 12.1. The number of aromatic nitrogens is 1. The molecule has 0 saturated heterocycles. The molecule has 2 heteroatoms. The SMILES string of the molecule is C1=CCc2c3c(n(Cc4ccccc4)c2=C1)=CSCC3. The lowest BCUT2D eigenvalue weighted by Crippen LogP contribution is -2.29. The molecule has 4 rings (SSSR count). The molecule has 0 atom stereocenters. The number of thioether (sulfide) groups is 1. The van der Waals surface area contributed by atoms with Crippen LogP contribution in [0.15, 0.2) is 42.5 Å². The number of benzene rings is 1. The first-order valence-electron chi connectivity index (χ1n) is 7.16. The van der Waals surface area contributed by atoms with Crippen LogP contribution in [0.2, 0.25) is 0 Å². The van der Waals surface area contributed by atoms with E-state index in [0.29, 0.717) is 0 Å². The fraction of sp³-hybridized carbons (Fsp3) is 0.222. The van der Waals surface area contributed by atoms with Gasteiger partial charge >= 0.3 is 0 Å². The molecular formula is C18H17NS. The second-order valence-corrected chi connectivity index (χ2v) is 6.31. The number of nitrogens with zero attached hydrogens (tertiary/aromatic N) is 1. The molecule has 1 aliphatic carbocycles. The van der Waals surface area contributed by atoms with Crippen molar-refractivity contribution >= 4 is 23.2 Å². The molecule has 0 saturated carbocycles. The van der Waals surface area contributed by atoms with Gasteiger partial charge in [0.1, 0.15) is 0 Å². The van der Waals surface area contributed by atoms with Crippen LogP contribution in [0.25, 0.3) is 11.5 Å². The Morgan fingerprint density at radius 1 is 1.05 bits per heavy atom. The summed E-state index contributed by atoms with van der Waals surface area (Å²) in [5, 5.41) is 5.21. The summed E-state index contributed by atoms with van der Waals surface area (Å²) in [6.07, 6.45) is 9.05. The van der Waals surface area contributed by atoms with Gasteiger partial charge in [-0.1, -0.05) is 42.5 Å². The van der Waals surface area contributed by atoms with Gasteiger partial charge in [0, 0.05) is 17.6 Å². The monoisotopic (exact) mass is 279 g/mol. The number of allylic oxidation sites excluding steroid dienone is 2. The van der Waals surface area contributed by atoms with Crippen LogP contribution in [-0.2, 0) is 19.4 Å². The van der Waals surface area contributed by atoms with E-state index in [0.717, 1.165) is 13.0 Å². The minimum atomic E-state index is 0.972. The summed E-state index contributed by atoms with van der Waals surface area (Å²) in [6, 6.07) is 10.8. The van der Waals surface area contributed by atoms with Crippen molar-refractivity contribution in [2.45, 2.75) is 19.4 Å². The summed E-state index contributed by atoms with van der Waals surface area (Å²) in [6.45, 7) is 0.972. The Labute approximate surface area is 123 Å². The van der Waals surface area contributed by atoms with Crippen LogP contribution in [0, 0.1) is 0 Å². The quantitative estimate of drug-likeness (QED) is 0.817. The highest BCUT2D eigenvalue weighted by Crippen LogP contribution is 2.16. The standard InChI is InChI=1S/C18H17NS/c1-2-6-14(7-3-1)12-19-17-9-5-4-8-15(17)16-10-11-20-13-18(16)19/h1-7,9,13H,8,10-12H2. The number of fused-ring (bicyclic) bond motifs is 3. The number of rotatable bonds is 2. The average Bonchev–Trinajstić information content (AvgIpc) is 2.84. The lowest BCUT2D eigenvalue weighted by molar-refractivity contribution is 0.750. The predicted octanol–water partition coefficient (Wildman–Crippen LogP) is 2.46. The maximum atomic E-state index is 2.50. The second kappa shape index (κ2) is 5.02. The molecule has 0 radical (unpaired) electrons. The van der Waals surface area contributed by atoms with E-state index in [1.54, 1.807) is 11.1 Å². The highest BCUT2D eigenvalue weighted by atomic mass is 32.2. The van der Waals surface area contributed by atoms with Crippen molar-refractivity contribution in [3.63, 3.8) is 0 Å². The molecule has 0 spiro atoms. The van der Waals surface area contributed by atoms with E-state index in [1.807, 2.05) is 11.8 Å². The van der Waals surface area contributed by atoms with Gasteiger partial charge in [0.25, 0.3) is 0 Å². The van der Waals surface area contributed by atoms with E-state index < -0.39 is 0 Å². The van der Waals surface area contributed by atoms with Crippen molar-refractivity contribution in [2.24, 2.45) is 0 Å². The number of hydrogen-bond donors (Lipinski definition) is 0. The van der Waals surface area contributed by atoms with Crippen LogP contribution >= 0.6 is 11.8 Å². The summed E-state index contributed by atoms with van der Waals surface area (Å²) in [5.41, 5.74) is 4.50. The van der Waals surface area contributed by atoms with Gasteiger partial charge in [-0.3, -0.25) is 0 Å². The summed E-state index contributed by atoms with van der Waals surface area (Å²) in [4.78, 5) is 0. The molecule has 1 aromatic carbocycles. The van der Waals surface area contributed by atoms with Crippen LogP contribution in [-0.4, -0.2) is 10.3 Å². The van der Waals surface area contributed by atoms with Gasteiger partial charge in [-0.05, 0) is 41.0 Å². The zero-order valence-electron chi connectivity index (χ0n) is 11.4. The van der Waals surface area contributed by atoms with Gasteiger partial charge in [0.2, 0.25) is 0 Å². The normalized spacial score (nSPS) is 16.0. The Kier molecular flexibility index (Phi) is 3.04. The van der Waals surface area contributed by atoms with Crippen LogP contribution in [0.1, 0.15) is 16.7 Å². The Bertz CT molecular complexity index is 781. The fourth-order valence-corrected chi connectivity index (χ4v) is 4.04. The van der Waals surface area contributed by atoms with Crippen molar-refractivity contribution < 1.29 is 0 Å². The largest absolute Gasteiger partial charge is 0.336 e. The van der Waals surface area contributed by atoms with E-state index in [9.17, 15) is 0 Å².